The van der Waals surface area contributed by atoms with E-state index in [1.807, 2.05) is 0 Å². The SMILES string of the molecule is COCCS(=O)(=O)Nc1ccc2c(c1)CCN(C(=O)O)C2. The van der Waals surface area contributed by atoms with Gasteiger partial charge in [0.2, 0.25) is 10.0 Å². The zero-order valence-corrected chi connectivity index (χ0v) is 12.5. The summed E-state index contributed by atoms with van der Waals surface area (Å²) in [5.74, 6) is -0.104. The summed E-state index contributed by atoms with van der Waals surface area (Å²) in [7, 11) is -1.98. The Morgan fingerprint density at radius 2 is 2.19 bits per heavy atom. The first-order valence-corrected chi connectivity index (χ1v) is 8.15. The van der Waals surface area contributed by atoms with Crippen LogP contribution in [0.2, 0.25) is 0 Å². The van der Waals surface area contributed by atoms with Crippen molar-refractivity contribution in [3.8, 4) is 0 Å². The minimum atomic E-state index is -3.43. The van der Waals surface area contributed by atoms with Crippen LogP contribution in [-0.2, 0) is 27.7 Å². The molecule has 1 aromatic rings. The molecule has 1 aliphatic rings. The van der Waals surface area contributed by atoms with E-state index < -0.39 is 16.1 Å². The van der Waals surface area contributed by atoms with Gasteiger partial charge < -0.3 is 14.7 Å². The lowest BCUT2D eigenvalue weighted by molar-refractivity contribution is 0.140. The maximum absolute atomic E-state index is 11.8. The number of nitrogens with zero attached hydrogens (tertiary/aromatic N) is 1. The summed E-state index contributed by atoms with van der Waals surface area (Å²) >= 11 is 0. The summed E-state index contributed by atoms with van der Waals surface area (Å²) in [6, 6.07) is 5.17. The van der Waals surface area contributed by atoms with Crippen LogP contribution in [0, 0.1) is 0 Å². The van der Waals surface area contributed by atoms with Gasteiger partial charge in [-0.3, -0.25) is 4.72 Å². The number of ether oxygens (including phenoxy) is 1. The molecular weight excluding hydrogens is 296 g/mol. The van der Waals surface area contributed by atoms with E-state index in [0.29, 0.717) is 25.2 Å². The number of rotatable bonds is 5. The van der Waals surface area contributed by atoms with Crippen LogP contribution in [-0.4, -0.2) is 50.5 Å². The van der Waals surface area contributed by atoms with Crippen LogP contribution in [0.25, 0.3) is 0 Å². The number of fused-ring (bicyclic) bond motifs is 1. The molecule has 116 valence electrons. The topological polar surface area (TPSA) is 95.9 Å². The smallest absolute Gasteiger partial charge is 0.407 e. The second-order valence-corrected chi connectivity index (χ2v) is 6.69. The fraction of sp³-hybridized carbons (Fsp3) is 0.462. The predicted molar refractivity (Wildman–Crippen MR) is 77.9 cm³/mol. The molecule has 0 spiro atoms. The van der Waals surface area contributed by atoms with Gasteiger partial charge in [-0.15, -0.1) is 0 Å². The van der Waals surface area contributed by atoms with E-state index >= 15 is 0 Å². The normalized spacial score (nSPS) is 14.6. The van der Waals surface area contributed by atoms with Crippen molar-refractivity contribution in [2.45, 2.75) is 13.0 Å². The van der Waals surface area contributed by atoms with Gasteiger partial charge in [-0.2, -0.15) is 0 Å². The molecule has 0 atom stereocenters. The molecule has 0 aliphatic carbocycles. The van der Waals surface area contributed by atoms with Gasteiger partial charge in [0, 0.05) is 25.9 Å². The largest absolute Gasteiger partial charge is 0.465 e. The molecule has 8 heteroatoms. The Morgan fingerprint density at radius 1 is 1.43 bits per heavy atom. The Bertz CT molecular complexity index is 629. The van der Waals surface area contributed by atoms with Gasteiger partial charge in [-0.05, 0) is 29.7 Å². The zero-order chi connectivity index (χ0) is 15.5. The van der Waals surface area contributed by atoms with Crippen molar-refractivity contribution >= 4 is 21.8 Å². The molecule has 0 saturated heterocycles. The highest BCUT2D eigenvalue weighted by molar-refractivity contribution is 7.92. The summed E-state index contributed by atoms with van der Waals surface area (Å²) in [6.07, 6.45) is -0.361. The number of sulfonamides is 1. The van der Waals surface area contributed by atoms with Gasteiger partial charge in [0.05, 0.1) is 12.4 Å². The lowest BCUT2D eigenvalue weighted by Gasteiger charge is -2.26. The molecule has 7 nitrogen and oxygen atoms in total. The number of benzene rings is 1. The van der Waals surface area contributed by atoms with Crippen molar-refractivity contribution < 1.29 is 23.1 Å². The lowest BCUT2D eigenvalue weighted by Crippen LogP contribution is -2.34. The van der Waals surface area contributed by atoms with E-state index in [2.05, 4.69) is 4.72 Å². The number of hydrogen-bond donors (Lipinski definition) is 2. The first-order valence-electron chi connectivity index (χ1n) is 6.50. The molecule has 0 radical (unpaired) electrons. The lowest BCUT2D eigenvalue weighted by atomic mass is 9.99. The van der Waals surface area contributed by atoms with Crippen molar-refractivity contribution in [3.05, 3.63) is 29.3 Å². The minimum absolute atomic E-state index is 0.104. The zero-order valence-electron chi connectivity index (χ0n) is 11.7. The third-order valence-corrected chi connectivity index (χ3v) is 4.57. The molecule has 1 aliphatic heterocycles. The Morgan fingerprint density at radius 3 is 2.86 bits per heavy atom. The molecule has 1 aromatic carbocycles. The molecule has 0 aromatic heterocycles. The quantitative estimate of drug-likeness (QED) is 0.849. The summed E-state index contributed by atoms with van der Waals surface area (Å²) in [5, 5.41) is 8.98. The van der Waals surface area contributed by atoms with Crippen molar-refractivity contribution in [2.24, 2.45) is 0 Å². The maximum Gasteiger partial charge on any atom is 0.407 e. The molecule has 2 N–H and O–H groups in total. The third-order valence-electron chi connectivity index (χ3n) is 3.32. The number of hydrogen-bond acceptors (Lipinski definition) is 4. The summed E-state index contributed by atoms with van der Waals surface area (Å²) < 4.78 is 30.8. The van der Waals surface area contributed by atoms with Crippen molar-refractivity contribution in [1.82, 2.24) is 4.90 Å². The van der Waals surface area contributed by atoms with Crippen molar-refractivity contribution in [2.75, 3.05) is 30.7 Å². The standard InChI is InChI=1S/C13H18N2O5S/c1-20-6-7-21(18,19)14-12-3-2-11-9-15(13(16)17)5-4-10(11)8-12/h2-3,8,14H,4-7,9H2,1H3,(H,16,17). The van der Waals surface area contributed by atoms with Crippen LogP contribution < -0.4 is 4.72 Å². The molecule has 1 amide bonds. The summed E-state index contributed by atoms with van der Waals surface area (Å²) in [6.45, 7) is 0.886. The average molecular weight is 314 g/mol. The highest BCUT2D eigenvalue weighted by Crippen LogP contribution is 2.23. The third kappa shape index (κ3) is 4.08. The molecular formula is C13H18N2O5S. The minimum Gasteiger partial charge on any atom is -0.465 e. The Labute approximate surface area is 123 Å². The number of amides is 1. The van der Waals surface area contributed by atoms with Crippen LogP contribution in [0.1, 0.15) is 11.1 Å². The van der Waals surface area contributed by atoms with E-state index in [1.165, 1.54) is 12.0 Å². The van der Waals surface area contributed by atoms with Gasteiger partial charge in [0.15, 0.2) is 0 Å². The van der Waals surface area contributed by atoms with Gasteiger partial charge in [-0.1, -0.05) is 6.07 Å². The maximum atomic E-state index is 11.8. The van der Waals surface area contributed by atoms with Crippen LogP contribution >= 0.6 is 0 Å². The number of methoxy groups -OCH3 is 1. The monoisotopic (exact) mass is 314 g/mol. The fourth-order valence-corrected chi connectivity index (χ4v) is 3.18. The van der Waals surface area contributed by atoms with Gasteiger partial charge in [0.1, 0.15) is 0 Å². The van der Waals surface area contributed by atoms with Crippen molar-refractivity contribution in [1.29, 1.82) is 0 Å². The number of carbonyl (C=O) groups is 1. The first-order chi connectivity index (χ1) is 9.91. The highest BCUT2D eigenvalue weighted by Gasteiger charge is 2.20. The van der Waals surface area contributed by atoms with E-state index in [4.69, 9.17) is 9.84 Å². The average Bonchev–Trinajstić information content (AvgIpc) is 2.44. The van der Waals surface area contributed by atoms with Crippen LogP contribution in [0.15, 0.2) is 18.2 Å². The molecule has 21 heavy (non-hydrogen) atoms. The number of carboxylic acid groups (broad SMARTS) is 1. The van der Waals surface area contributed by atoms with E-state index in [0.717, 1.165) is 11.1 Å². The Balaban J connectivity index is 2.10. The fourth-order valence-electron chi connectivity index (χ4n) is 2.20. The van der Waals surface area contributed by atoms with E-state index in [9.17, 15) is 13.2 Å². The van der Waals surface area contributed by atoms with Gasteiger partial charge >= 0.3 is 6.09 Å². The second kappa shape index (κ2) is 6.31. The number of anilines is 1. The Hall–Kier alpha value is -1.80. The molecule has 0 saturated carbocycles. The molecule has 0 unspecified atom stereocenters. The molecule has 0 bridgehead atoms. The van der Waals surface area contributed by atoms with Gasteiger partial charge in [0.25, 0.3) is 0 Å². The summed E-state index contributed by atoms with van der Waals surface area (Å²) in [4.78, 5) is 12.3. The number of nitrogens with one attached hydrogen (secondary N) is 1. The second-order valence-electron chi connectivity index (χ2n) is 4.85. The van der Waals surface area contributed by atoms with E-state index in [-0.39, 0.29) is 12.4 Å². The summed E-state index contributed by atoms with van der Waals surface area (Å²) in [5.41, 5.74) is 2.37. The molecule has 2 rings (SSSR count). The highest BCUT2D eigenvalue weighted by atomic mass is 32.2. The van der Waals surface area contributed by atoms with Crippen LogP contribution in [0.4, 0.5) is 10.5 Å². The molecule has 1 heterocycles. The Kier molecular flexibility index (Phi) is 4.69. The predicted octanol–water partition coefficient (Wildman–Crippen LogP) is 1.11. The molecule has 0 fully saturated rings. The van der Waals surface area contributed by atoms with Crippen LogP contribution in [0.5, 0.6) is 0 Å². The van der Waals surface area contributed by atoms with Crippen LogP contribution in [0.3, 0.4) is 0 Å². The van der Waals surface area contributed by atoms with E-state index in [1.54, 1.807) is 18.2 Å². The first kappa shape index (κ1) is 15.6. The van der Waals surface area contributed by atoms with Gasteiger partial charge in [-0.25, -0.2) is 13.2 Å². The van der Waals surface area contributed by atoms with Crippen molar-refractivity contribution in [3.63, 3.8) is 0 Å².